The third kappa shape index (κ3) is 4.21. The molecular weight excluding hydrogens is 388 g/mol. The Morgan fingerprint density at radius 1 is 1.06 bits per heavy atom. The van der Waals surface area contributed by atoms with Gasteiger partial charge in [0.25, 0.3) is 5.91 Å². The molecule has 0 aliphatic rings. The molecular formula is C24H28N6O. The lowest BCUT2D eigenvalue weighted by atomic mass is 10.0. The van der Waals surface area contributed by atoms with Crippen molar-refractivity contribution >= 4 is 16.9 Å². The minimum Gasteiger partial charge on any atom is -0.352 e. The highest BCUT2D eigenvalue weighted by molar-refractivity contribution is 6.07. The number of hydrogen-bond donors (Lipinski definition) is 1. The lowest BCUT2D eigenvalue weighted by Crippen LogP contribution is -2.26. The Labute approximate surface area is 182 Å². The van der Waals surface area contributed by atoms with E-state index in [1.165, 1.54) is 5.56 Å². The molecule has 3 heterocycles. The average molecular weight is 417 g/mol. The van der Waals surface area contributed by atoms with Gasteiger partial charge in [0.2, 0.25) is 0 Å². The van der Waals surface area contributed by atoms with Crippen molar-refractivity contribution in [3.05, 3.63) is 65.1 Å². The predicted molar refractivity (Wildman–Crippen MR) is 122 cm³/mol. The first-order chi connectivity index (χ1) is 15.0. The summed E-state index contributed by atoms with van der Waals surface area (Å²) < 4.78 is 3.81. The number of hydrogen-bond acceptors (Lipinski definition) is 4. The molecule has 0 atom stereocenters. The predicted octanol–water partition coefficient (Wildman–Crippen LogP) is 4.06. The van der Waals surface area contributed by atoms with Gasteiger partial charge in [0, 0.05) is 37.1 Å². The molecule has 0 saturated heterocycles. The number of pyridine rings is 1. The van der Waals surface area contributed by atoms with E-state index in [0.29, 0.717) is 18.7 Å². The lowest BCUT2D eigenvalue weighted by Gasteiger charge is -2.10. The van der Waals surface area contributed by atoms with E-state index in [9.17, 15) is 4.79 Å². The van der Waals surface area contributed by atoms with E-state index in [1.54, 1.807) is 6.20 Å². The standard InChI is InChI=1S/C24H28N6O/c1-5-29-23-22(18(4)28-29)20(15-21(27-23)19-9-7-16(2)8-10-19)24(31)25-12-6-14-30-17(3)11-13-26-30/h7-11,13,15H,5-6,12,14H2,1-4H3,(H,25,31). The van der Waals surface area contributed by atoms with Gasteiger partial charge >= 0.3 is 0 Å². The first kappa shape index (κ1) is 20.8. The molecule has 1 aromatic carbocycles. The summed E-state index contributed by atoms with van der Waals surface area (Å²) in [4.78, 5) is 18.0. The van der Waals surface area contributed by atoms with Crippen LogP contribution in [0.5, 0.6) is 0 Å². The highest BCUT2D eigenvalue weighted by Crippen LogP contribution is 2.27. The maximum atomic E-state index is 13.2. The normalized spacial score (nSPS) is 11.2. The highest BCUT2D eigenvalue weighted by Gasteiger charge is 2.19. The van der Waals surface area contributed by atoms with Gasteiger partial charge in [-0.05, 0) is 46.2 Å². The molecule has 31 heavy (non-hydrogen) atoms. The van der Waals surface area contributed by atoms with Crippen LogP contribution in [0.4, 0.5) is 0 Å². The molecule has 0 radical (unpaired) electrons. The number of nitrogens with zero attached hydrogens (tertiary/aromatic N) is 5. The maximum Gasteiger partial charge on any atom is 0.252 e. The smallest absolute Gasteiger partial charge is 0.252 e. The summed E-state index contributed by atoms with van der Waals surface area (Å²) in [5.41, 5.74) is 6.24. The molecule has 0 bridgehead atoms. The van der Waals surface area contributed by atoms with Crippen molar-refractivity contribution in [1.29, 1.82) is 0 Å². The van der Waals surface area contributed by atoms with Gasteiger partial charge in [0.05, 0.1) is 22.3 Å². The van der Waals surface area contributed by atoms with Crippen molar-refractivity contribution in [3.63, 3.8) is 0 Å². The van der Waals surface area contributed by atoms with Crippen LogP contribution in [-0.2, 0) is 13.1 Å². The van der Waals surface area contributed by atoms with Crippen molar-refractivity contribution in [1.82, 2.24) is 29.9 Å². The van der Waals surface area contributed by atoms with Crippen molar-refractivity contribution in [2.45, 2.75) is 47.2 Å². The fourth-order valence-electron chi connectivity index (χ4n) is 3.78. The molecule has 4 rings (SSSR count). The Kier molecular flexibility index (Phi) is 5.84. The van der Waals surface area contributed by atoms with Crippen LogP contribution in [0, 0.1) is 20.8 Å². The zero-order valence-electron chi connectivity index (χ0n) is 18.5. The van der Waals surface area contributed by atoms with Crippen LogP contribution in [-0.4, -0.2) is 37.0 Å². The largest absolute Gasteiger partial charge is 0.352 e. The number of nitrogens with one attached hydrogen (secondary N) is 1. The molecule has 7 nitrogen and oxygen atoms in total. The summed E-state index contributed by atoms with van der Waals surface area (Å²) in [6.07, 6.45) is 2.60. The Bertz CT molecular complexity index is 1220. The molecule has 0 aliphatic carbocycles. The third-order valence-electron chi connectivity index (χ3n) is 5.53. The second-order valence-corrected chi connectivity index (χ2v) is 7.83. The molecule has 160 valence electrons. The second-order valence-electron chi connectivity index (χ2n) is 7.83. The molecule has 3 aromatic heterocycles. The Balaban J connectivity index is 1.63. The second kappa shape index (κ2) is 8.71. The summed E-state index contributed by atoms with van der Waals surface area (Å²) in [5, 5.41) is 12.8. The number of aromatic nitrogens is 5. The van der Waals surface area contributed by atoms with Gasteiger partial charge in [-0.3, -0.25) is 9.48 Å². The van der Waals surface area contributed by atoms with Crippen LogP contribution in [0.2, 0.25) is 0 Å². The number of benzene rings is 1. The number of carbonyl (C=O) groups excluding carboxylic acids is 1. The molecule has 0 unspecified atom stereocenters. The third-order valence-corrected chi connectivity index (χ3v) is 5.53. The molecule has 0 spiro atoms. The number of fused-ring (bicyclic) bond motifs is 1. The molecule has 0 saturated carbocycles. The van der Waals surface area contributed by atoms with Crippen LogP contribution in [0.15, 0.2) is 42.6 Å². The summed E-state index contributed by atoms with van der Waals surface area (Å²) in [6.45, 7) is 10.1. The first-order valence-corrected chi connectivity index (χ1v) is 10.7. The molecule has 4 aromatic rings. The fraction of sp³-hybridized carbons (Fsp3) is 0.333. The van der Waals surface area contributed by atoms with Crippen LogP contribution < -0.4 is 5.32 Å². The lowest BCUT2D eigenvalue weighted by molar-refractivity contribution is 0.0954. The monoisotopic (exact) mass is 416 g/mol. The Morgan fingerprint density at radius 3 is 2.52 bits per heavy atom. The van der Waals surface area contributed by atoms with E-state index in [-0.39, 0.29) is 5.91 Å². The van der Waals surface area contributed by atoms with Crippen molar-refractivity contribution in [2.24, 2.45) is 0 Å². The van der Waals surface area contributed by atoms with Gasteiger partial charge in [0.15, 0.2) is 5.65 Å². The van der Waals surface area contributed by atoms with Gasteiger partial charge in [-0.25, -0.2) is 9.67 Å². The zero-order valence-corrected chi connectivity index (χ0v) is 18.5. The quantitative estimate of drug-likeness (QED) is 0.461. The van der Waals surface area contributed by atoms with E-state index in [2.05, 4.69) is 34.6 Å². The number of amides is 1. The van der Waals surface area contributed by atoms with Gasteiger partial charge in [0.1, 0.15) is 0 Å². The van der Waals surface area contributed by atoms with E-state index in [4.69, 9.17) is 4.98 Å². The van der Waals surface area contributed by atoms with Gasteiger partial charge in [-0.15, -0.1) is 0 Å². The van der Waals surface area contributed by atoms with Crippen LogP contribution in [0.3, 0.4) is 0 Å². The fourth-order valence-corrected chi connectivity index (χ4v) is 3.78. The Hall–Kier alpha value is -3.48. The zero-order chi connectivity index (χ0) is 22.0. The summed E-state index contributed by atoms with van der Waals surface area (Å²) in [5.74, 6) is -0.100. The van der Waals surface area contributed by atoms with Crippen molar-refractivity contribution in [2.75, 3.05) is 6.54 Å². The van der Waals surface area contributed by atoms with E-state index < -0.39 is 0 Å². The molecule has 0 aliphatic heterocycles. The summed E-state index contributed by atoms with van der Waals surface area (Å²) in [6, 6.07) is 12.1. The Morgan fingerprint density at radius 2 is 1.84 bits per heavy atom. The van der Waals surface area contributed by atoms with Crippen molar-refractivity contribution < 1.29 is 4.79 Å². The van der Waals surface area contributed by atoms with Gasteiger partial charge in [-0.1, -0.05) is 29.8 Å². The minimum absolute atomic E-state index is 0.100. The number of aryl methyl sites for hydroxylation is 5. The highest BCUT2D eigenvalue weighted by atomic mass is 16.1. The first-order valence-electron chi connectivity index (χ1n) is 10.7. The molecule has 1 N–H and O–H groups in total. The summed E-state index contributed by atoms with van der Waals surface area (Å²) >= 11 is 0. The van der Waals surface area contributed by atoms with Crippen LogP contribution in [0.1, 0.15) is 40.7 Å². The maximum absolute atomic E-state index is 13.2. The summed E-state index contributed by atoms with van der Waals surface area (Å²) in [7, 11) is 0. The van der Waals surface area contributed by atoms with E-state index in [1.807, 2.05) is 54.4 Å². The number of rotatable bonds is 7. The minimum atomic E-state index is -0.100. The SMILES string of the molecule is CCn1nc(C)c2c(C(=O)NCCCn3nccc3C)cc(-c3ccc(C)cc3)nc21. The topological polar surface area (TPSA) is 77.6 Å². The van der Waals surface area contributed by atoms with E-state index >= 15 is 0 Å². The molecule has 0 fully saturated rings. The van der Waals surface area contributed by atoms with Crippen LogP contribution >= 0.6 is 0 Å². The van der Waals surface area contributed by atoms with Gasteiger partial charge in [-0.2, -0.15) is 10.2 Å². The number of carbonyl (C=O) groups is 1. The van der Waals surface area contributed by atoms with Crippen molar-refractivity contribution in [3.8, 4) is 11.3 Å². The van der Waals surface area contributed by atoms with Crippen LogP contribution in [0.25, 0.3) is 22.3 Å². The van der Waals surface area contributed by atoms with E-state index in [0.717, 1.165) is 46.6 Å². The van der Waals surface area contributed by atoms with Gasteiger partial charge < -0.3 is 5.32 Å². The molecule has 1 amide bonds. The average Bonchev–Trinajstić information content (AvgIpc) is 3.33. The molecule has 7 heteroatoms.